The minimum Gasteiger partial charge on any atom is -0.396 e. The molecule has 3 heteroatoms. The Labute approximate surface area is 82.6 Å². The van der Waals surface area contributed by atoms with E-state index in [1.54, 1.807) is 0 Å². The number of fused-ring (bicyclic) bond motifs is 1. The Hall–Kier alpha value is -1.32. The van der Waals surface area contributed by atoms with E-state index in [4.69, 9.17) is 10.8 Å². The van der Waals surface area contributed by atoms with Crippen LogP contribution in [0.25, 0.3) is 10.9 Å². The molecule has 14 heavy (non-hydrogen) atoms. The Morgan fingerprint density at radius 2 is 2.14 bits per heavy atom. The fourth-order valence-corrected chi connectivity index (χ4v) is 1.62. The molecule has 0 aliphatic rings. The molecular weight excluding hydrogens is 176 g/mol. The summed E-state index contributed by atoms with van der Waals surface area (Å²) in [6.07, 6.45) is 0.673. The van der Waals surface area contributed by atoms with Gasteiger partial charge in [-0.15, -0.1) is 0 Å². The summed E-state index contributed by atoms with van der Waals surface area (Å²) < 4.78 is 0. The van der Waals surface area contributed by atoms with E-state index in [0.29, 0.717) is 13.0 Å². The Morgan fingerprint density at radius 1 is 1.29 bits per heavy atom. The third kappa shape index (κ3) is 1.64. The van der Waals surface area contributed by atoms with Crippen LogP contribution in [0.2, 0.25) is 0 Å². The second-order valence-electron chi connectivity index (χ2n) is 3.39. The highest BCUT2D eigenvalue weighted by molar-refractivity contribution is 5.81. The highest BCUT2D eigenvalue weighted by Gasteiger charge is 2.00. The van der Waals surface area contributed by atoms with Crippen molar-refractivity contribution in [2.24, 2.45) is 5.73 Å². The van der Waals surface area contributed by atoms with Crippen LogP contribution in [0, 0.1) is 0 Å². The number of aliphatic hydroxyl groups is 1. The van der Waals surface area contributed by atoms with Crippen LogP contribution in [0.5, 0.6) is 0 Å². The molecule has 0 saturated heterocycles. The van der Waals surface area contributed by atoms with Crippen molar-refractivity contribution in [1.82, 2.24) is 4.98 Å². The summed E-state index contributed by atoms with van der Waals surface area (Å²) in [5.74, 6) is 0. The number of aromatic nitrogens is 1. The molecule has 0 fully saturated rings. The van der Waals surface area contributed by atoms with Crippen LogP contribution in [0.1, 0.15) is 11.3 Å². The van der Waals surface area contributed by atoms with E-state index < -0.39 is 0 Å². The second-order valence-corrected chi connectivity index (χ2v) is 3.39. The molecule has 2 rings (SSSR count). The largest absolute Gasteiger partial charge is 0.396 e. The van der Waals surface area contributed by atoms with Crippen molar-refractivity contribution >= 4 is 10.9 Å². The van der Waals surface area contributed by atoms with Crippen LogP contribution in [-0.4, -0.2) is 16.7 Å². The molecule has 0 unspecified atom stereocenters. The SMILES string of the molecule is NCc1ccc2[nH]c(CCO)cc2c1. The van der Waals surface area contributed by atoms with E-state index in [1.165, 1.54) is 0 Å². The molecule has 3 nitrogen and oxygen atoms in total. The molecule has 0 bridgehead atoms. The first-order chi connectivity index (χ1) is 6.83. The number of rotatable bonds is 3. The van der Waals surface area contributed by atoms with Crippen LogP contribution >= 0.6 is 0 Å². The quantitative estimate of drug-likeness (QED) is 0.680. The molecule has 0 radical (unpaired) electrons. The van der Waals surface area contributed by atoms with Crippen molar-refractivity contribution in [3.8, 4) is 0 Å². The molecule has 0 atom stereocenters. The normalized spacial score (nSPS) is 11.0. The van der Waals surface area contributed by atoms with Crippen molar-refractivity contribution in [3.05, 3.63) is 35.5 Å². The summed E-state index contributed by atoms with van der Waals surface area (Å²) in [6, 6.07) is 8.18. The van der Waals surface area contributed by atoms with E-state index in [-0.39, 0.29) is 6.61 Å². The summed E-state index contributed by atoms with van der Waals surface area (Å²) in [7, 11) is 0. The van der Waals surface area contributed by atoms with Gasteiger partial charge in [0.1, 0.15) is 0 Å². The Morgan fingerprint density at radius 3 is 2.86 bits per heavy atom. The summed E-state index contributed by atoms with van der Waals surface area (Å²) >= 11 is 0. The van der Waals surface area contributed by atoms with Crippen LogP contribution < -0.4 is 5.73 Å². The van der Waals surface area contributed by atoms with Gasteiger partial charge in [-0.05, 0) is 29.1 Å². The molecule has 0 saturated carbocycles. The summed E-state index contributed by atoms with van der Waals surface area (Å²) in [5.41, 5.74) is 8.86. The van der Waals surface area contributed by atoms with Crippen molar-refractivity contribution in [1.29, 1.82) is 0 Å². The molecule has 1 aromatic carbocycles. The lowest BCUT2D eigenvalue weighted by Gasteiger charge is -1.95. The zero-order valence-corrected chi connectivity index (χ0v) is 7.96. The summed E-state index contributed by atoms with van der Waals surface area (Å²) in [4.78, 5) is 3.25. The van der Waals surface area contributed by atoms with Gasteiger partial charge < -0.3 is 15.8 Å². The molecule has 2 aromatic rings. The highest BCUT2D eigenvalue weighted by Crippen LogP contribution is 2.17. The van der Waals surface area contributed by atoms with E-state index in [1.807, 2.05) is 12.1 Å². The minimum atomic E-state index is 0.177. The topological polar surface area (TPSA) is 62.0 Å². The van der Waals surface area contributed by atoms with Crippen LogP contribution in [0.3, 0.4) is 0 Å². The molecule has 1 heterocycles. The number of benzene rings is 1. The fraction of sp³-hybridized carbons (Fsp3) is 0.273. The van der Waals surface area contributed by atoms with Gasteiger partial charge in [0.25, 0.3) is 0 Å². The van der Waals surface area contributed by atoms with Gasteiger partial charge in [-0.25, -0.2) is 0 Å². The molecule has 0 amide bonds. The van der Waals surface area contributed by atoms with Gasteiger partial charge in [-0.3, -0.25) is 0 Å². The van der Waals surface area contributed by atoms with E-state index in [9.17, 15) is 0 Å². The van der Waals surface area contributed by atoms with E-state index >= 15 is 0 Å². The monoisotopic (exact) mass is 190 g/mol. The van der Waals surface area contributed by atoms with Gasteiger partial charge in [0, 0.05) is 30.8 Å². The van der Waals surface area contributed by atoms with Crippen molar-refractivity contribution in [2.75, 3.05) is 6.61 Å². The molecule has 0 aliphatic carbocycles. The molecule has 0 aliphatic heterocycles. The van der Waals surface area contributed by atoms with E-state index in [2.05, 4.69) is 17.1 Å². The fourth-order valence-electron chi connectivity index (χ4n) is 1.62. The van der Waals surface area contributed by atoms with Crippen molar-refractivity contribution in [3.63, 3.8) is 0 Å². The number of hydrogen-bond donors (Lipinski definition) is 3. The van der Waals surface area contributed by atoms with E-state index in [0.717, 1.165) is 22.2 Å². The van der Waals surface area contributed by atoms with Gasteiger partial charge in [0.2, 0.25) is 0 Å². The number of nitrogens with two attached hydrogens (primary N) is 1. The average Bonchev–Trinajstić information content (AvgIpc) is 2.59. The first-order valence-corrected chi connectivity index (χ1v) is 4.75. The van der Waals surface area contributed by atoms with Crippen molar-refractivity contribution in [2.45, 2.75) is 13.0 Å². The number of aliphatic hydroxyl groups excluding tert-OH is 1. The van der Waals surface area contributed by atoms with Crippen LogP contribution in [0.4, 0.5) is 0 Å². The molecule has 74 valence electrons. The third-order valence-corrected chi connectivity index (χ3v) is 2.36. The Kier molecular flexibility index (Phi) is 2.52. The molecular formula is C11H14N2O. The van der Waals surface area contributed by atoms with Gasteiger partial charge >= 0.3 is 0 Å². The minimum absolute atomic E-state index is 0.177. The van der Waals surface area contributed by atoms with Gasteiger partial charge in [0.15, 0.2) is 0 Å². The standard InChI is InChI=1S/C11H14N2O/c12-7-8-1-2-11-9(5-8)6-10(13-11)3-4-14/h1-2,5-6,13-14H,3-4,7,12H2. The predicted molar refractivity (Wildman–Crippen MR) is 57.0 cm³/mol. The smallest absolute Gasteiger partial charge is 0.0485 e. The molecule has 0 spiro atoms. The van der Waals surface area contributed by atoms with Gasteiger partial charge in [0.05, 0.1) is 0 Å². The Balaban J connectivity index is 2.43. The lowest BCUT2D eigenvalue weighted by molar-refractivity contribution is 0.298. The van der Waals surface area contributed by atoms with Crippen molar-refractivity contribution < 1.29 is 5.11 Å². The molecule has 1 aromatic heterocycles. The van der Waals surface area contributed by atoms with Crippen LogP contribution in [0.15, 0.2) is 24.3 Å². The third-order valence-electron chi connectivity index (χ3n) is 2.36. The Bertz CT molecular complexity index is 434. The lowest BCUT2D eigenvalue weighted by atomic mass is 10.1. The maximum absolute atomic E-state index is 8.81. The zero-order valence-electron chi connectivity index (χ0n) is 7.96. The number of H-pyrrole nitrogens is 1. The lowest BCUT2D eigenvalue weighted by Crippen LogP contribution is -1.94. The first kappa shape index (κ1) is 9.24. The zero-order chi connectivity index (χ0) is 9.97. The number of aromatic amines is 1. The number of nitrogens with one attached hydrogen (secondary N) is 1. The van der Waals surface area contributed by atoms with Gasteiger partial charge in [-0.2, -0.15) is 0 Å². The maximum atomic E-state index is 8.81. The summed E-state index contributed by atoms with van der Waals surface area (Å²) in [6.45, 7) is 0.743. The number of hydrogen-bond acceptors (Lipinski definition) is 2. The maximum Gasteiger partial charge on any atom is 0.0485 e. The second kappa shape index (κ2) is 3.82. The van der Waals surface area contributed by atoms with Crippen LogP contribution in [-0.2, 0) is 13.0 Å². The molecule has 4 N–H and O–H groups in total. The predicted octanol–water partition coefficient (Wildman–Crippen LogP) is 1.16. The average molecular weight is 190 g/mol. The van der Waals surface area contributed by atoms with Gasteiger partial charge in [-0.1, -0.05) is 6.07 Å². The summed E-state index contributed by atoms with van der Waals surface area (Å²) in [5, 5.41) is 9.97. The highest BCUT2D eigenvalue weighted by atomic mass is 16.3. The first-order valence-electron chi connectivity index (χ1n) is 4.75.